The standard InChI is InChI=1S/C15H14BrClFNO/c1-9(19)13-7-12(18)4-5-15(13)20-8-10-2-3-11(16)6-14(10)17/h2-7,9H,8,19H2,1H3. The van der Waals surface area contributed by atoms with Gasteiger partial charge < -0.3 is 10.5 Å². The molecule has 2 aromatic rings. The predicted octanol–water partition coefficient (Wildman–Crippen LogP) is 4.84. The molecule has 0 saturated heterocycles. The number of ether oxygens (including phenoxy) is 1. The maximum Gasteiger partial charge on any atom is 0.124 e. The van der Waals surface area contributed by atoms with Crippen LogP contribution < -0.4 is 10.5 Å². The molecule has 106 valence electrons. The molecule has 0 aliphatic rings. The van der Waals surface area contributed by atoms with Gasteiger partial charge in [0.05, 0.1) is 0 Å². The molecule has 2 N–H and O–H groups in total. The van der Waals surface area contributed by atoms with E-state index in [9.17, 15) is 4.39 Å². The van der Waals surface area contributed by atoms with Gasteiger partial charge in [0.15, 0.2) is 0 Å². The maximum atomic E-state index is 13.2. The highest BCUT2D eigenvalue weighted by atomic mass is 79.9. The van der Waals surface area contributed by atoms with Crippen molar-refractivity contribution in [2.75, 3.05) is 0 Å². The van der Waals surface area contributed by atoms with Gasteiger partial charge in [0.1, 0.15) is 18.2 Å². The second kappa shape index (κ2) is 6.57. The van der Waals surface area contributed by atoms with Gasteiger partial charge in [0, 0.05) is 26.7 Å². The molecule has 0 radical (unpaired) electrons. The minimum atomic E-state index is -0.327. The summed E-state index contributed by atoms with van der Waals surface area (Å²) in [5.41, 5.74) is 7.32. The Labute approximate surface area is 130 Å². The number of halogens is 3. The molecule has 20 heavy (non-hydrogen) atoms. The van der Waals surface area contributed by atoms with Crippen LogP contribution in [0.2, 0.25) is 5.02 Å². The van der Waals surface area contributed by atoms with Gasteiger partial charge in [-0.25, -0.2) is 4.39 Å². The largest absolute Gasteiger partial charge is 0.489 e. The molecule has 0 bridgehead atoms. The molecule has 1 unspecified atom stereocenters. The Balaban J connectivity index is 2.18. The lowest BCUT2D eigenvalue weighted by Gasteiger charge is -2.14. The van der Waals surface area contributed by atoms with Crippen LogP contribution in [0.3, 0.4) is 0 Å². The molecular weight excluding hydrogens is 345 g/mol. The smallest absolute Gasteiger partial charge is 0.124 e. The summed E-state index contributed by atoms with van der Waals surface area (Å²) >= 11 is 9.48. The molecule has 0 heterocycles. The lowest BCUT2D eigenvalue weighted by Crippen LogP contribution is -2.08. The molecule has 2 rings (SSSR count). The van der Waals surface area contributed by atoms with E-state index >= 15 is 0 Å². The third-order valence-corrected chi connectivity index (χ3v) is 3.71. The zero-order valence-electron chi connectivity index (χ0n) is 10.9. The van der Waals surface area contributed by atoms with Gasteiger partial charge in [-0.1, -0.05) is 33.6 Å². The van der Waals surface area contributed by atoms with Crippen molar-refractivity contribution in [1.29, 1.82) is 0 Å². The molecule has 1 atom stereocenters. The highest BCUT2D eigenvalue weighted by Crippen LogP contribution is 2.27. The van der Waals surface area contributed by atoms with E-state index in [4.69, 9.17) is 22.1 Å². The van der Waals surface area contributed by atoms with E-state index in [0.29, 0.717) is 22.9 Å². The minimum Gasteiger partial charge on any atom is -0.489 e. The van der Waals surface area contributed by atoms with Gasteiger partial charge >= 0.3 is 0 Å². The quantitative estimate of drug-likeness (QED) is 0.848. The van der Waals surface area contributed by atoms with Crippen molar-refractivity contribution in [2.45, 2.75) is 19.6 Å². The SMILES string of the molecule is CC(N)c1cc(F)ccc1OCc1ccc(Br)cc1Cl. The predicted molar refractivity (Wildman–Crippen MR) is 82.5 cm³/mol. The van der Waals surface area contributed by atoms with E-state index in [0.717, 1.165) is 10.0 Å². The Kier molecular flexibility index (Phi) is 5.02. The van der Waals surface area contributed by atoms with Crippen LogP contribution in [0.1, 0.15) is 24.1 Å². The molecule has 0 spiro atoms. The van der Waals surface area contributed by atoms with Crippen LogP contribution in [0.5, 0.6) is 5.75 Å². The van der Waals surface area contributed by atoms with E-state index in [2.05, 4.69) is 15.9 Å². The average molecular weight is 359 g/mol. The summed E-state index contributed by atoms with van der Waals surface area (Å²) in [6.45, 7) is 2.09. The van der Waals surface area contributed by atoms with Crippen LogP contribution in [0.15, 0.2) is 40.9 Å². The molecule has 2 nitrogen and oxygen atoms in total. The van der Waals surface area contributed by atoms with Gasteiger partial charge in [0.2, 0.25) is 0 Å². The van der Waals surface area contributed by atoms with Gasteiger partial charge in [-0.2, -0.15) is 0 Å². The first-order valence-electron chi connectivity index (χ1n) is 6.09. The van der Waals surface area contributed by atoms with Crippen molar-refractivity contribution in [3.63, 3.8) is 0 Å². The van der Waals surface area contributed by atoms with Gasteiger partial charge in [-0.05, 0) is 37.3 Å². The summed E-state index contributed by atoms with van der Waals surface area (Å²) in [7, 11) is 0. The topological polar surface area (TPSA) is 35.2 Å². The highest BCUT2D eigenvalue weighted by Gasteiger charge is 2.10. The first-order valence-corrected chi connectivity index (χ1v) is 7.26. The number of nitrogens with two attached hydrogens (primary N) is 1. The van der Waals surface area contributed by atoms with E-state index < -0.39 is 0 Å². The molecular formula is C15H14BrClFNO. The summed E-state index contributed by atoms with van der Waals surface area (Å²) in [6.07, 6.45) is 0. The molecule has 0 aliphatic heterocycles. The minimum absolute atomic E-state index is 0.303. The molecule has 0 amide bonds. The second-order valence-corrected chi connectivity index (χ2v) is 5.82. The van der Waals surface area contributed by atoms with Crippen LogP contribution in [0, 0.1) is 5.82 Å². The molecule has 2 aromatic carbocycles. The van der Waals surface area contributed by atoms with Crippen molar-refractivity contribution in [3.05, 3.63) is 62.8 Å². The Morgan fingerprint density at radius 3 is 2.70 bits per heavy atom. The maximum absolute atomic E-state index is 13.2. The van der Waals surface area contributed by atoms with E-state index in [1.54, 1.807) is 19.1 Å². The normalized spacial score (nSPS) is 12.2. The van der Waals surface area contributed by atoms with Crippen molar-refractivity contribution in [2.24, 2.45) is 5.73 Å². The highest BCUT2D eigenvalue weighted by molar-refractivity contribution is 9.10. The number of benzene rings is 2. The zero-order chi connectivity index (χ0) is 14.7. The Morgan fingerprint density at radius 1 is 1.30 bits per heavy atom. The van der Waals surface area contributed by atoms with Crippen LogP contribution in [0.4, 0.5) is 4.39 Å². The first-order chi connectivity index (χ1) is 9.47. The molecule has 0 fully saturated rings. The zero-order valence-corrected chi connectivity index (χ0v) is 13.2. The second-order valence-electron chi connectivity index (χ2n) is 4.50. The van der Waals surface area contributed by atoms with Gasteiger partial charge in [0.25, 0.3) is 0 Å². The summed E-state index contributed by atoms with van der Waals surface area (Å²) in [4.78, 5) is 0. The van der Waals surface area contributed by atoms with Crippen LogP contribution in [0.25, 0.3) is 0 Å². The molecule has 0 aliphatic carbocycles. The number of rotatable bonds is 4. The fourth-order valence-corrected chi connectivity index (χ4v) is 2.53. The van der Waals surface area contributed by atoms with Crippen molar-refractivity contribution < 1.29 is 9.13 Å². The van der Waals surface area contributed by atoms with Crippen LogP contribution in [-0.2, 0) is 6.61 Å². The van der Waals surface area contributed by atoms with E-state index in [1.807, 2.05) is 12.1 Å². The molecule has 0 saturated carbocycles. The summed E-state index contributed by atoms with van der Waals surface area (Å²) in [5, 5.41) is 0.615. The van der Waals surface area contributed by atoms with Crippen molar-refractivity contribution in [1.82, 2.24) is 0 Å². The lowest BCUT2D eigenvalue weighted by atomic mass is 10.1. The Morgan fingerprint density at radius 2 is 2.05 bits per heavy atom. The monoisotopic (exact) mass is 357 g/mol. The van der Waals surface area contributed by atoms with Crippen LogP contribution >= 0.6 is 27.5 Å². The van der Waals surface area contributed by atoms with Gasteiger partial charge in [-0.15, -0.1) is 0 Å². The molecule has 5 heteroatoms. The first kappa shape index (κ1) is 15.3. The van der Waals surface area contributed by atoms with Crippen molar-refractivity contribution in [3.8, 4) is 5.75 Å². The molecule has 0 aromatic heterocycles. The number of hydrogen-bond donors (Lipinski definition) is 1. The third kappa shape index (κ3) is 3.72. The Hall–Kier alpha value is -1.10. The van der Waals surface area contributed by atoms with Crippen molar-refractivity contribution >= 4 is 27.5 Å². The summed E-state index contributed by atoms with van der Waals surface area (Å²) in [5.74, 6) is 0.242. The average Bonchev–Trinajstić information content (AvgIpc) is 2.38. The summed E-state index contributed by atoms with van der Waals surface area (Å²) < 4.78 is 19.9. The van der Waals surface area contributed by atoms with E-state index in [-0.39, 0.29) is 11.9 Å². The Bertz CT molecular complexity index is 619. The third-order valence-electron chi connectivity index (χ3n) is 2.86. The van der Waals surface area contributed by atoms with Crippen LogP contribution in [-0.4, -0.2) is 0 Å². The fraction of sp³-hybridized carbons (Fsp3) is 0.200. The van der Waals surface area contributed by atoms with Gasteiger partial charge in [-0.3, -0.25) is 0 Å². The lowest BCUT2D eigenvalue weighted by molar-refractivity contribution is 0.301. The van der Waals surface area contributed by atoms with E-state index in [1.165, 1.54) is 12.1 Å². The summed E-state index contributed by atoms with van der Waals surface area (Å²) in [6, 6.07) is 9.59. The number of hydrogen-bond acceptors (Lipinski definition) is 2. The fourth-order valence-electron chi connectivity index (χ4n) is 1.80.